The van der Waals surface area contributed by atoms with E-state index in [0.717, 1.165) is 11.8 Å². The maximum atomic E-state index is 12.1. The van der Waals surface area contributed by atoms with Crippen LogP contribution in [0, 0.1) is 0 Å². The van der Waals surface area contributed by atoms with Crippen molar-refractivity contribution in [1.29, 1.82) is 0 Å². The molecule has 0 aliphatic heterocycles. The lowest BCUT2D eigenvalue weighted by Crippen LogP contribution is -2.29. The van der Waals surface area contributed by atoms with Crippen LogP contribution < -0.4 is 0 Å². The molecule has 0 radical (unpaired) electrons. The molecule has 1 aromatic carbocycles. The molecule has 0 spiro atoms. The summed E-state index contributed by atoms with van der Waals surface area (Å²) in [5, 5.41) is 9.37. The highest BCUT2D eigenvalue weighted by Gasteiger charge is 2.23. The van der Waals surface area contributed by atoms with E-state index in [2.05, 4.69) is 0 Å². The Hall–Kier alpha value is -2.83. The molecule has 1 aromatic rings. The minimum atomic E-state index is -1.42. The number of carboxylic acid groups (broad SMARTS) is 1. The molecule has 1 N–H and O–H groups in total. The van der Waals surface area contributed by atoms with E-state index < -0.39 is 29.6 Å². The molecule has 0 aliphatic carbocycles. The van der Waals surface area contributed by atoms with Gasteiger partial charge in [-0.3, -0.25) is 4.79 Å². The van der Waals surface area contributed by atoms with Gasteiger partial charge in [0, 0.05) is 12.7 Å². The Balaban J connectivity index is 3.06. The number of hydrogen-bond acceptors (Lipinski definition) is 6. The van der Waals surface area contributed by atoms with Gasteiger partial charge < -0.3 is 19.5 Å². The molecule has 0 saturated heterocycles. The highest BCUT2D eigenvalue weighted by molar-refractivity contribution is 6.13. The molecule has 26 heavy (non-hydrogen) atoms. The summed E-state index contributed by atoms with van der Waals surface area (Å²) in [4.78, 5) is 36.9. The molecule has 0 fully saturated rings. The molecule has 0 bridgehead atoms. The lowest BCUT2D eigenvalue weighted by molar-refractivity contribution is -0.148. The first-order chi connectivity index (χ1) is 12.4. The number of esters is 2. The molecule has 7 nitrogen and oxygen atoms in total. The van der Waals surface area contributed by atoms with Gasteiger partial charge in [0.05, 0.1) is 12.7 Å². The van der Waals surface area contributed by atoms with Crippen molar-refractivity contribution in [2.75, 3.05) is 13.2 Å². The zero-order valence-corrected chi connectivity index (χ0v) is 15.3. The van der Waals surface area contributed by atoms with Gasteiger partial charge in [0.25, 0.3) is 0 Å². The van der Waals surface area contributed by atoms with E-state index in [9.17, 15) is 19.5 Å². The van der Waals surface area contributed by atoms with Crippen LogP contribution in [0.3, 0.4) is 0 Å². The minimum Gasteiger partial charge on any atom is -0.477 e. The van der Waals surface area contributed by atoms with Gasteiger partial charge in [0.2, 0.25) is 0 Å². The Morgan fingerprint density at radius 1 is 1.19 bits per heavy atom. The lowest BCUT2D eigenvalue weighted by atomic mass is 10.2. The van der Waals surface area contributed by atoms with Crippen LogP contribution in [0.2, 0.25) is 0 Å². The minimum absolute atomic E-state index is 0.184. The second-order valence-corrected chi connectivity index (χ2v) is 5.67. The summed E-state index contributed by atoms with van der Waals surface area (Å²) in [7, 11) is 0. The van der Waals surface area contributed by atoms with Gasteiger partial charge >= 0.3 is 17.9 Å². The van der Waals surface area contributed by atoms with Crippen molar-refractivity contribution >= 4 is 17.9 Å². The number of aliphatic carboxylic acids is 1. The van der Waals surface area contributed by atoms with Gasteiger partial charge in [-0.2, -0.15) is 0 Å². The SMILES string of the molecule is CCOC(=O)CN(C=C(C(=O)O)C(=O)OC(C)CC)Cc1ccccc1. The Morgan fingerprint density at radius 2 is 1.85 bits per heavy atom. The second-order valence-electron chi connectivity index (χ2n) is 5.67. The van der Waals surface area contributed by atoms with Crippen molar-refractivity contribution in [3.8, 4) is 0 Å². The van der Waals surface area contributed by atoms with Crippen LogP contribution in [0.1, 0.15) is 32.8 Å². The van der Waals surface area contributed by atoms with Gasteiger partial charge in [0.1, 0.15) is 6.54 Å². The highest BCUT2D eigenvalue weighted by atomic mass is 16.5. The van der Waals surface area contributed by atoms with Gasteiger partial charge in [-0.25, -0.2) is 9.59 Å². The number of rotatable bonds is 10. The number of hydrogen-bond donors (Lipinski definition) is 1. The maximum Gasteiger partial charge on any atom is 0.347 e. The second kappa shape index (κ2) is 10.9. The molecule has 7 heteroatoms. The van der Waals surface area contributed by atoms with Gasteiger partial charge in [-0.05, 0) is 25.8 Å². The largest absolute Gasteiger partial charge is 0.477 e. The number of benzene rings is 1. The van der Waals surface area contributed by atoms with E-state index in [1.54, 1.807) is 13.8 Å². The predicted molar refractivity (Wildman–Crippen MR) is 95.0 cm³/mol. The molecule has 1 rings (SSSR count). The van der Waals surface area contributed by atoms with Crippen LogP contribution in [0.4, 0.5) is 0 Å². The Bertz CT molecular complexity index is 641. The topological polar surface area (TPSA) is 93.1 Å². The van der Waals surface area contributed by atoms with Crippen molar-refractivity contribution in [3.05, 3.63) is 47.7 Å². The average molecular weight is 363 g/mol. The zero-order chi connectivity index (χ0) is 19.5. The van der Waals surface area contributed by atoms with Crippen molar-refractivity contribution in [1.82, 2.24) is 4.90 Å². The van der Waals surface area contributed by atoms with E-state index in [0.29, 0.717) is 6.42 Å². The van der Waals surface area contributed by atoms with Gasteiger partial charge in [-0.1, -0.05) is 37.3 Å². The summed E-state index contributed by atoms with van der Waals surface area (Å²) >= 11 is 0. The third-order valence-corrected chi connectivity index (χ3v) is 3.51. The van der Waals surface area contributed by atoms with E-state index in [1.807, 2.05) is 37.3 Å². The van der Waals surface area contributed by atoms with Crippen molar-refractivity contribution < 1.29 is 29.0 Å². The van der Waals surface area contributed by atoms with Gasteiger partial charge in [0.15, 0.2) is 5.57 Å². The van der Waals surface area contributed by atoms with Crippen LogP contribution in [0.25, 0.3) is 0 Å². The first-order valence-electron chi connectivity index (χ1n) is 8.47. The van der Waals surface area contributed by atoms with Crippen LogP contribution in [-0.2, 0) is 30.4 Å². The standard InChI is InChI=1S/C19H25NO6/c1-4-14(3)26-19(24)16(18(22)23)12-20(13-17(21)25-5-2)11-15-9-7-6-8-10-15/h6-10,12,14H,4-5,11,13H2,1-3H3,(H,22,23). The summed E-state index contributed by atoms with van der Waals surface area (Å²) in [6.07, 6.45) is 1.30. The smallest absolute Gasteiger partial charge is 0.347 e. The molecular formula is C19H25NO6. The molecule has 0 heterocycles. The zero-order valence-electron chi connectivity index (χ0n) is 15.3. The number of ether oxygens (including phenoxy) is 2. The van der Waals surface area contributed by atoms with E-state index in [1.165, 1.54) is 4.90 Å². The van der Waals surface area contributed by atoms with Crippen molar-refractivity contribution in [2.45, 2.75) is 39.8 Å². The van der Waals surface area contributed by atoms with Crippen molar-refractivity contribution in [3.63, 3.8) is 0 Å². The van der Waals surface area contributed by atoms with Crippen LogP contribution in [0.5, 0.6) is 0 Å². The van der Waals surface area contributed by atoms with Crippen LogP contribution >= 0.6 is 0 Å². The summed E-state index contributed by atoms with van der Waals surface area (Å²) in [6, 6.07) is 9.18. The Kier molecular flexibility index (Phi) is 8.91. The lowest BCUT2D eigenvalue weighted by Gasteiger charge is -2.21. The third kappa shape index (κ3) is 7.38. The molecule has 0 aromatic heterocycles. The fourth-order valence-electron chi connectivity index (χ4n) is 2.04. The predicted octanol–water partition coefficient (Wildman–Crippen LogP) is 2.36. The molecule has 0 amide bonds. The number of carbonyl (C=O) groups excluding carboxylic acids is 2. The average Bonchev–Trinajstić information content (AvgIpc) is 2.60. The first kappa shape index (κ1) is 21.2. The summed E-state index contributed by atoms with van der Waals surface area (Å²) in [5.74, 6) is -2.87. The molecular weight excluding hydrogens is 338 g/mol. The fourth-order valence-corrected chi connectivity index (χ4v) is 2.04. The summed E-state index contributed by atoms with van der Waals surface area (Å²) in [5.41, 5.74) is 0.318. The quantitative estimate of drug-likeness (QED) is 0.295. The number of carboxylic acids is 1. The first-order valence-corrected chi connectivity index (χ1v) is 8.47. The normalized spacial score (nSPS) is 12.2. The van der Waals surface area contributed by atoms with E-state index >= 15 is 0 Å². The molecule has 142 valence electrons. The molecule has 0 saturated carbocycles. The number of nitrogens with zero attached hydrogens (tertiary/aromatic N) is 1. The Morgan fingerprint density at radius 3 is 2.38 bits per heavy atom. The maximum absolute atomic E-state index is 12.1. The van der Waals surface area contributed by atoms with E-state index in [-0.39, 0.29) is 19.7 Å². The number of carbonyl (C=O) groups is 3. The van der Waals surface area contributed by atoms with Crippen LogP contribution in [-0.4, -0.2) is 47.2 Å². The Labute approximate surface area is 153 Å². The molecule has 1 unspecified atom stereocenters. The summed E-state index contributed by atoms with van der Waals surface area (Å²) < 4.78 is 10.0. The molecule has 1 atom stereocenters. The van der Waals surface area contributed by atoms with E-state index in [4.69, 9.17) is 9.47 Å². The summed E-state index contributed by atoms with van der Waals surface area (Å²) in [6.45, 7) is 5.45. The fraction of sp³-hybridized carbons (Fsp3) is 0.421. The van der Waals surface area contributed by atoms with Crippen molar-refractivity contribution in [2.24, 2.45) is 0 Å². The third-order valence-electron chi connectivity index (χ3n) is 3.51. The highest BCUT2D eigenvalue weighted by Crippen LogP contribution is 2.10. The van der Waals surface area contributed by atoms with Crippen LogP contribution in [0.15, 0.2) is 42.1 Å². The monoisotopic (exact) mass is 363 g/mol. The molecule has 0 aliphatic rings. The van der Waals surface area contributed by atoms with Gasteiger partial charge in [-0.15, -0.1) is 0 Å².